The molecule has 114 valence electrons. The molecule has 20 heavy (non-hydrogen) atoms. The van der Waals surface area contributed by atoms with E-state index in [1.807, 2.05) is 13.8 Å². The highest BCUT2D eigenvalue weighted by molar-refractivity contribution is 5.41. The number of halogens is 3. The number of anilines is 1. The van der Waals surface area contributed by atoms with E-state index >= 15 is 0 Å². The summed E-state index contributed by atoms with van der Waals surface area (Å²) in [7, 11) is 0. The molecule has 1 heterocycles. The van der Waals surface area contributed by atoms with Gasteiger partial charge in [-0.25, -0.2) is 0 Å². The molecular weight excluding hydrogens is 269 g/mol. The quantitative estimate of drug-likeness (QED) is 0.903. The summed E-state index contributed by atoms with van der Waals surface area (Å²) in [6.45, 7) is 4.00. The van der Waals surface area contributed by atoms with Crippen molar-refractivity contribution in [3.63, 3.8) is 0 Å². The Balaban J connectivity index is 2.33. The molecule has 2 unspecified atom stereocenters. The molecule has 1 aromatic heterocycles. The van der Waals surface area contributed by atoms with Crippen molar-refractivity contribution in [1.29, 1.82) is 0 Å². The standard InChI is InChI=1S/C14H21F3N2O/c1-8(2)7-10-12(19-20-13(10)18)9-5-3-4-6-11(9)14(15,16)17/h8-9,11H,3-7,18H2,1-2H3. The van der Waals surface area contributed by atoms with E-state index in [2.05, 4.69) is 5.16 Å². The average Bonchev–Trinajstić information content (AvgIpc) is 2.69. The molecule has 0 bridgehead atoms. The second-order valence-electron chi connectivity index (χ2n) is 6.05. The summed E-state index contributed by atoms with van der Waals surface area (Å²) in [4.78, 5) is 0. The van der Waals surface area contributed by atoms with Gasteiger partial charge in [0.2, 0.25) is 5.88 Å². The second-order valence-corrected chi connectivity index (χ2v) is 6.05. The molecule has 1 aliphatic rings. The van der Waals surface area contributed by atoms with Gasteiger partial charge in [-0.1, -0.05) is 31.8 Å². The molecule has 0 aliphatic heterocycles. The van der Waals surface area contributed by atoms with E-state index in [4.69, 9.17) is 10.3 Å². The van der Waals surface area contributed by atoms with Gasteiger partial charge in [0.25, 0.3) is 0 Å². The molecule has 2 atom stereocenters. The Morgan fingerprint density at radius 3 is 2.55 bits per heavy atom. The van der Waals surface area contributed by atoms with Gasteiger partial charge in [-0.15, -0.1) is 0 Å². The fourth-order valence-corrected chi connectivity index (χ4v) is 3.09. The molecule has 2 N–H and O–H groups in total. The third kappa shape index (κ3) is 3.10. The fraction of sp³-hybridized carbons (Fsp3) is 0.786. The largest absolute Gasteiger partial charge is 0.392 e. The zero-order valence-electron chi connectivity index (χ0n) is 11.8. The Bertz CT molecular complexity index is 454. The van der Waals surface area contributed by atoms with Gasteiger partial charge in [0, 0.05) is 11.5 Å². The fourth-order valence-electron chi connectivity index (χ4n) is 3.09. The number of alkyl halides is 3. The molecule has 0 saturated heterocycles. The Hall–Kier alpha value is -1.20. The molecule has 3 nitrogen and oxygen atoms in total. The minimum atomic E-state index is -4.19. The second kappa shape index (κ2) is 5.66. The number of nitrogen functional groups attached to an aromatic ring is 1. The molecule has 0 spiro atoms. The number of nitrogens with two attached hydrogens (primary N) is 1. The van der Waals surface area contributed by atoms with Crippen LogP contribution in [-0.2, 0) is 6.42 Å². The lowest BCUT2D eigenvalue weighted by Crippen LogP contribution is -2.32. The van der Waals surface area contributed by atoms with Gasteiger partial charge < -0.3 is 10.3 Å². The van der Waals surface area contributed by atoms with Gasteiger partial charge >= 0.3 is 6.18 Å². The van der Waals surface area contributed by atoms with Crippen molar-refractivity contribution in [3.05, 3.63) is 11.3 Å². The zero-order valence-corrected chi connectivity index (χ0v) is 11.8. The maximum Gasteiger partial charge on any atom is 0.392 e. The van der Waals surface area contributed by atoms with Crippen LogP contribution < -0.4 is 5.73 Å². The molecule has 6 heteroatoms. The van der Waals surface area contributed by atoms with Gasteiger partial charge in [-0.05, 0) is 25.2 Å². The van der Waals surface area contributed by atoms with Gasteiger partial charge in [0.1, 0.15) is 0 Å². The van der Waals surface area contributed by atoms with Gasteiger partial charge in [-0.3, -0.25) is 0 Å². The van der Waals surface area contributed by atoms with Crippen molar-refractivity contribution in [3.8, 4) is 0 Å². The maximum atomic E-state index is 13.2. The van der Waals surface area contributed by atoms with Crippen molar-refractivity contribution >= 4 is 5.88 Å². The van der Waals surface area contributed by atoms with Crippen molar-refractivity contribution in [2.45, 2.75) is 58.0 Å². The van der Waals surface area contributed by atoms with Crippen LogP contribution in [0.1, 0.15) is 56.7 Å². The first-order valence-corrected chi connectivity index (χ1v) is 7.11. The Morgan fingerprint density at radius 1 is 1.30 bits per heavy atom. The summed E-state index contributed by atoms with van der Waals surface area (Å²) in [5.41, 5.74) is 6.84. The van der Waals surface area contributed by atoms with Crippen LogP contribution in [0, 0.1) is 11.8 Å². The molecule has 2 rings (SSSR count). The van der Waals surface area contributed by atoms with Crippen LogP contribution in [0.3, 0.4) is 0 Å². The molecule has 1 fully saturated rings. The van der Waals surface area contributed by atoms with Crippen LogP contribution >= 0.6 is 0 Å². The monoisotopic (exact) mass is 290 g/mol. The smallest absolute Gasteiger partial charge is 0.367 e. The molecule has 0 radical (unpaired) electrons. The van der Waals surface area contributed by atoms with Crippen LogP contribution in [0.2, 0.25) is 0 Å². The molecule has 0 aromatic carbocycles. The number of rotatable bonds is 3. The van der Waals surface area contributed by atoms with Crippen LogP contribution in [0.5, 0.6) is 0 Å². The SMILES string of the molecule is CC(C)Cc1c(C2CCCCC2C(F)(F)F)noc1N. The number of hydrogen-bond donors (Lipinski definition) is 1. The first-order chi connectivity index (χ1) is 9.30. The number of hydrogen-bond acceptors (Lipinski definition) is 3. The predicted octanol–water partition coefficient (Wildman–Crippen LogP) is 4.29. The lowest BCUT2D eigenvalue weighted by molar-refractivity contribution is -0.187. The van der Waals surface area contributed by atoms with E-state index in [1.165, 1.54) is 0 Å². The molecule has 1 aliphatic carbocycles. The van der Waals surface area contributed by atoms with Crippen molar-refractivity contribution < 1.29 is 17.7 Å². The number of nitrogens with zero attached hydrogens (tertiary/aromatic N) is 1. The molecule has 0 amide bonds. The first-order valence-electron chi connectivity index (χ1n) is 7.11. The van der Waals surface area contributed by atoms with Gasteiger partial charge in [0.05, 0.1) is 11.6 Å². The number of aromatic nitrogens is 1. The lowest BCUT2D eigenvalue weighted by Gasteiger charge is -2.32. The van der Waals surface area contributed by atoms with E-state index in [0.717, 1.165) is 6.42 Å². The minimum absolute atomic E-state index is 0.167. The maximum absolute atomic E-state index is 13.2. The van der Waals surface area contributed by atoms with Crippen molar-refractivity contribution in [1.82, 2.24) is 5.16 Å². The van der Waals surface area contributed by atoms with Crippen LogP contribution in [0.25, 0.3) is 0 Å². The van der Waals surface area contributed by atoms with E-state index in [1.54, 1.807) is 0 Å². The first kappa shape index (κ1) is 15.2. The van der Waals surface area contributed by atoms with Crippen molar-refractivity contribution in [2.24, 2.45) is 11.8 Å². The highest BCUT2D eigenvalue weighted by Gasteiger charge is 2.47. The summed E-state index contributed by atoms with van der Waals surface area (Å²) in [6, 6.07) is 0. The van der Waals surface area contributed by atoms with Crippen LogP contribution in [-0.4, -0.2) is 11.3 Å². The highest BCUT2D eigenvalue weighted by atomic mass is 19.4. The van der Waals surface area contributed by atoms with Gasteiger partial charge in [-0.2, -0.15) is 13.2 Å². The zero-order chi connectivity index (χ0) is 14.9. The van der Waals surface area contributed by atoms with Crippen LogP contribution in [0.4, 0.5) is 19.1 Å². The molecule has 1 aromatic rings. The third-order valence-electron chi connectivity index (χ3n) is 4.00. The van der Waals surface area contributed by atoms with E-state index in [0.29, 0.717) is 36.4 Å². The third-order valence-corrected chi connectivity index (χ3v) is 4.00. The summed E-state index contributed by atoms with van der Waals surface area (Å²) < 4.78 is 44.5. The molecule has 1 saturated carbocycles. The lowest BCUT2D eigenvalue weighted by atomic mass is 9.75. The Morgan fingerprint density at radius 2 is 1.95 bits per heavy atom. The summed E-state index contributed by atoms with van der Waals surface area (Å²) in [6.07, 6.45) is -1.50. The van der Waals surface area contributed by atoms with Gasteiger partial charge in [0.15, 0.2) is 0 Å². The highest BCUT2D eigenvalue weighted by Crippen LogP contribution is 2.47. The Kier molecular flexibility index (Phi) is 4.30. The summed E-state index contributed by atoms with van der Waals surface area (Å²) in [5, 5.41) is 3.86. The predicted molar refractivity (Wildman–Crippen MR) is 70.2 cm³/mol. The Labute approximate surface area is 116 Å². The summed E-state index contributed by atoms with van der Waals surface area (Å²) in [5.74, 6) is -1.48. The average molecular weight is 290 g/mol. The van der Waals surface area contributed by atoms with Crippen molar-refractivity contribution in [2.75, 3.05) is 5.73 Å². The van der Waals surface area contributed by atoms with Crippen LogP contribution in [0.15, 0.2) is 4.52 Å². The summed E-state index contributed by atoms with van der Waals surface area (Å²) >= 11 is 0. The normalized spacial score (nSPS) is 24.3. The minimum Gasteiger partial charge on any atom is -0.367 e. The van der Waals surface area contributed by atoms with E-state index < -0.39 is 18.0 Å². The van der Waals surface area contributed by atoms with E-state index in [9.17, 15) is 13.2 Å². The molecular formula is C14H21F3N2O. The topological polar surface area (TPSA) is 52.0 Å². The van der Waals surface area contributed by atoms with E-state index in [-0.39, 0.29) is 12.3 Å².